The molecule has 1 N–H and O–H groups in total. The Morgan fingerprint density at radius 3 is 2.50 bits per heavy atom. The van der Waals surface area contributed by atoms with Crippen LogP contribution in [0.5, 0.6) is 5.75 Å². The van der Waals surface area contributed by atoms with Gasteiger partial charge in [0.2, 0.25) is 5.91 Å². The van der Waals surface area contributed by atoms with Gasteiger partial charge in [0.15, 0.2) is 10.9 Å². The summed E-state index contributed by atoms with van der Waals surface area (Å²) in [6.07, 6.45) is 1.37. The van der Waals surface area contributed by atoms with E-state index in [9.17, 15) is 9.59 Å². The zero-order valence-corrected chi connectivity index (χ0v) is 20.0. The summed E-state index contributed by atoms with van der Waals surface area (Å²) in [5.41, 5.74) is 1.57. The van der Waals surface area contributed by atoms with Crippen LogP contribution >= 0.6 is 11.8 Å². The highest BCUT2D eigenvalue weighted by Gasteiger charge is 2.17. The van der Waals surface area contributed by atoms with Crippen LogP contribution in [0.25, 0.3) is 16.5 Å². The molecular formula is C26H26N4O3S. The highest BCUT2D eigenvalue weighted by molar-refractivity contribution is 7.99. The molecule has 0 aliphatic rings. The number of carbonyl (C=O) groups is 2. The number of thioether (sulfide) groups is 1. The Morgan fingerprint density at radius 1 is 1.00 bits per heavy atom. The molecule has 1 heterocycles. The summed E-state index contributed by atoms with van der Waals surface area (Å²) in [6, 6.07) is 21.4. The van der Waals surface area contributed by atoms with Crippen molar-refractivity contribution in [2.24, 2.45) is 0 Å². The van der Waals surface area contributed by atoms with Gasteiger partial charge in [0.05, 0.1) is 12.9 Å². The fourth-order valence-corrected chi connectivity index (χ4v) is 4.50. The first-order valence-corrected chi connectivity index (χ1v) is 12.0. The van der Waals surface area contributed by atoms with Gasteiger partial charge in [0.25, 0.3) is 0 Å². The summed E-state index contributed by atoms with van der Waals surface area (Å²) in [5.74, 6) is 1.76. The number of carbonyl (C=O) groups excluding carboxylic acids is 2. The van der Waals surface area contributed by atoms with Crippen molar-refractivity contribution >= 4 is 34.2 Å². The topological polar surface area (TPSA) is 86.1 Å². The molecule has 1 amide bonds. The van der Waals surface area contributed by atoms with Crippen LogP contribution in [0.15, 0.2) is 71.9 Å². The van der Waals surface area contributed by atoms with Crippen molar-refractivity contribution in [3.63, 3.8) is 0 Å². The van der Waals surface area contributed by atoms with Gasteiger partial charge in [0, 0.05) is 31.1 Å². The molecule has 7 nitrogen and oxygen atoms in total. The van der Waals surface area contributed by atoms with Crippen LogP contribution in [0.1, 0.15) is 29.5 Å². The van der Waals surface area contributed by atoms with Crippen molar-refractivity contribution in [2.45, 2.75) is 24.9 Å². The number of nitrogens with zero attached hydrogens (tertiary/aromatic N) is 3. The van der Waals surface area contributed by atoms with Gasteiger partial charge in [-0.1, -0.05) is 48.2 Å². The normalized spacial score (nSPS) is 10.9. The molecule has 34 heavy (non-hydrogen) atoms. The molecule has 0 saturated heterocycles. The standard InChI is InChI=1S/C26H26N4O3S/c1-18(31)27-15-5-8-25-28-29-26(30(25)22-11-13-23(33-2)14-12-22)34-17-24(32)21-10-9-19-6-3-4-7-20(19)16-21/h3-4,6-7,9-14,16H,5,8,15,17H2,1-2H3,(H,27,31). The molecule has 0 spiro atoms. The summed E-state index contributed by atoms with van der Waals surface area (Å²) in [7, 11) is 1.63. The van der Waals surface area contributed by atoms with E-state index in [1.54, 1.807) is 7.11 Å². The van der Waals surface area contributed by atoms with E-state index in [1.165, 1.54) is 18.7 Å². The van der Waals surface area contributed by atoms with Crippen molar-refractivity contribution in [3.8, 4) is 11.4 Å². The molecule has 4 aromatic rings. The van der Waals surface area contributed by atoms with Crippen LogP contribution < -0.4 is 10.1 Å². The van der Waals surface area contributed by atoms with E-state index >= 15 is 0 Å². The second-order valence-electron chi connectivity index (χ2n) is 7.79. The Hall–Kier alpha value is -3.65. The quantitative estimate of drug-likeness (QED) is 0.207. The van der Waals surface area contributed by atoms with Gasteiger partial charge < -0.3 is 10.1 Å². The molecule has 0 fully saturated rings. The van der Waals surface area contributed by atoms with Crippen LogP contribution in [-0.2, 0) is 11.2 Å². The zero-order chi connectivity index (χ0) is 23.9. The van der Waals surface area contributed by atoms with Crippen LogP contribution in [0, 0.1) is 0 Å². The molecular weight excluding hydrogens is 448 g/mol. The lowest BCUT2D eigenvalue weighted by Gasteiger charge is -2.11. The first kappa shape index (κ1) is 23.5. The molecule has 0 radical (unpaired) electrons. The number of hydrogen-bond donors (Lipinski definition) is 1. The molecule has 0 saturated carbocycles. The summed E-state index contributed by atoms with van der Waals surface area (Å²) >= 11 is 1.36. The van der Waals surface area contributed by atoms with Gasteiger partial charge >= 0.3 is 0 Å². The largest absolute Gasteiger partial charge is 0.497 e. The second-order valence-corrected chi connectivity index (χ2v) is 8.74. The minimum atomic E-state index is -0.0555. The number of nitrogens with one attached hydrogen (secondary N) is 1. The van der Waals surface area contributed by atoms with E-state index in [0.29, 0.717) is 23.7 Å². The average Bonchev–Trinajstić information content (AvgIpc) is 3.27. The number of methoxy groups -OCH3 is 1. The number of ketones is 1. The molecule has 8 heteroatoms. The summed E-state index contributed by atoms with van der Waals surface area (Å²) < 4.78 is 7.24. The zero-order valence-electron chi connectivity index (χ0n) is 19.2. The van der Waals surface area contributed by atoms with Crippen molar-refractivity contribution in [1.82, 2.24) is 20.1 Å². The van der Waals surface area contributed by atoms with E-state index in [-0.39, 0.29) is 17.4 Å². The van der Waals surface area contributed by atoms with E-state index in [2.05, 4.69) is 15.5 Å². The molecule has 1 aromatic heterocycles. The molecule has 0 unspecified atom stereocenters. The maximum Gasteiger partial charge on any atom is 0.216 e. The highest BCUT2D eigenvalue weighted by atomic mass is 32.2. The number of hydrogen-bond acceptors (Lipinski definition) is 6. The predicted molar refractivity (Wildman–Crippen MR) is 134 cm³/mol. The van der Waals surface area contributed by atoms with Crippen LogP contribution in [0.4, 0.5) is 0 Å². The Morgan fingerprint density at radius 2 is 1.76 bits per heavy atom. The molecule has 4 rings (SSSR count). The third-order valence-electron chi connectivity index (χ3n) is 5.39. The van der Waals surface area contributed by atoms with Crippen molar-refractivity contribution < 1.29 is 14.3 Å². The van der Waals surface area contributed by atoms with Crippen LogP contribution in [0.2, 0.25) is 0 Å². The lowest BCUT2D eigenvalue weighted by molar-refractivity contribution is -0.118. The molecule has 0 bridgehead atoms. The first-order valence-electron chi connectivity index (χ1n) is 11.0. The van der Waals surface area contributed by atoms with Gasteiger partial charge in [0.1, 0.15) is 11.6 Å². The SMILES string of the molecule is COc1ccc(-n2c(CCCNC(C)=O)nnc2SCC(=O)c2ccc3ccccc3c2)cc1. The fourth-order valence-electron chi connectivity index (χ4n) is 3.63. The van der Waals surface area contributed by atoms with E-state index in [1.807, 2.05) is 71.3 Å². The number of benzene rings is 3. The Balaban J connectivity index is 1.53. The van der Waals surface area contributed by atoms with Crippen LogP contribution in [-0.4, -0.2) is 45.9 Å². The lowest BCUT2D eigenvalue weighted by Crippen LogP contribution is -2.21. The molecule has 3 aromatic carbocycles. The number of rotatable bonds is 10. The summed E-state index contributed by atoms with van der Waals surface area (Å²) in [5, 5.41) is 14.4. The fraction of sp³-hybridized carbons (Fsp3) is 0.231. The smallest absolute Gasteiger partial charge is 0.216 e. The Labute approximate surface area is 202 Å². The number of ether oxygens (including phenoxy) is 1. The third-order valence-corrected chi connectivity index (χ3v) is 6.31. The van der Waals surface area contributed by atoms with E-state index in [0.717, 1.165) is 34.5 Å². The van der Waals surface area contributed by atoms with E-state index < -0.39 is 0 Å². The average molecular weight is 475 g/mol. The number of Topliss-reactive ketones (excluding diaryl/α,β-unsaturated/α-hetero) is 1. The monoisotopic (exact) mass is 474 g/mol. The van der Waals surface area contributed by atoms with Crippen molar-refractivity contribution in [2.75, 3.05) is 19.4 Å². The number of aryl methyl sites for hydroxylation is 1. The number of aromatic nitrogens is 3. The number of fused-ring (bicyclic) bond motifs is 1. The van der Waals surface area contributed by atoms with Gasteiger partial charge in [-0.05, 0) is 47.5 Å². The molecule has 0 aliphatic carbocycles. The Kier molecular flexibility index (Phi) is 7.59. The maximum absolute atomic E-state index is 12.9. The first-order chi connectivity index (χ1) is 16.5. The van der Waals surface area contributed by atoms with Crippen LogP contribution in [0.3, 0.4) is 0 Å². The lowest BCUT2D eigenvalue weighted by atomic mass is 10.1. The van der Waals surface area contributed by atoms with Crippen molar-refractivity contribution in [3.05, 3.63) is 78.1 Å². The van der Waals surface area contributed by atoms with E-state index in [4.69, 9.17) is 4.74 Å². The van der Waals surface area contributed by atoms with Gasteiger partial charge in [-0.2, -0.15) is 0 Å². The van der Waals surface area contributed by atoms with Gasteiger partial charge in [-0.15, -0.1) is 10.2 Å². The minimum Gasteiger partial charge on any atom is -0.497 e. The number of amides is 1. The van der Waals surface area contributed by atoms with Crippen molar-refractivity contribution in [1.29, 1.82) is 0 Å². The van der Waals surface area contributed by atoms with Gasteiger partial charge in [-0.25, -0.2) is 0 Å². The molecule has 0 atom stereocenters. The molecule has 0 aliphatic heterocycles. The second kappa shape index (κ2) is 11.0. The Bertz CT molecular complexity index is 1300. The predicted octanol–water partition coefficient (Wildman–Crippen LogP) is 4.47. The molecule has 174 valence electrons. The maximum atomic E-state index is 12.9. The minimum absolute atomic E-state index is 0.0345. The van der Waals surface area contributed by atoms with Gasteiger partial charge in [-0.3, -0.25) is 14.2 Å². The third kappa shape index (κ3) is 5.63. The highest BCUT2D eigenvalue weighted by Crippen LogP contribution is 2.26. The summed E-state index contributed by atoms with van der Waals surface area (Å²) in [6.45, 7) is 2.06. The summed E-state index contributed by atoms with van der Waals surface area (Å²) in [4.78, 5) is 24.1.